The molecular weight excluding hydrogens is 224 g/mol. The summed E-state index contributed by atoms with van der Waals surface area (Å²) in [5.41, 5.74) is -0.0816. The summed E-state index contributed by atoms with van der Waals surface area (Å²) < 4.78 is 6.20. The Bertz CT molecular complexity index is 287. The molecule has 0 radical (unpaired) electrons. The van der Waals surface area contributed by atoms with E-state index >= 15 is 0 Å². The number of rotatable bonds is 4. The van der Waals surface area contributed by atoms with Crippen LogP contribution >= 0.6 is 0 Å². The summed E-state index contributed by atoms with van der Waals surface area (Å²) in [5.74, 6) is 1.15. The molecule has 2 aliphatic carbocycles. The Morgan fingerprint density at radius 1 is 1.17 bits per heavy atom. The molecule has 0 bridgehead atoms. The van der Waals surface area contributed by atoms with Crippen LogP contribution in [0.1, 0.15) is 72.1 Å². The van der Waals surface area contributed by atoms with Crippen molar-refractivity contribution in [2.75, 3.05) is 0 Å². The summed E-state index contributed by atoms with van der Waals surface area (Å²) in [6.45, 7) is 6.62. The summed E-state index contributed by atoms with van der Waals surface area (Å²) >= 11 is 0. The summed E-state index contributed by atoms with van der Waals surface area (Å²) in [7, 11) is 0. The molecule has 2 aliphatic rings. The fourth-order valence-corrected chi connectivity index (χ4v) is 3.75. The number of ketones is 1. The van der Waals surface area contributed by atoms with Crippen LogP contribution < -0.4 is 0 Å². The van der Waals surface area contributed by atoms with Crippen molar-refractivity contribution in [2.45, 2.75) is 84.3 Å². The molecule has 2 nitrogen and oxygen atoms in total. The molecule has 2 fully saturated rings. The number of ether oxygens (including phenoxy) is 1. The first kappa shape index (κ1) is 14.0. The van der Waals surface area contributed by atoms with E-state index in [9.17, 15) is 4.79 Å². The maximum Gasteiger partial charge on any atom is 0.144 e. The van der Waals surface area contributed by atoms with Crippen molar-refractivity contribution in [1.82, 2.24) is 0 Å². The topological polar surface area (TPSA) is 26.3 Å². The molecule has 0 aromatic rings. The first-order valence-electron chi connectivity index (χ1n) is 7.73. The van der Waals surface area contributed by atoms with Gasteiger partial charge in [0.25, 0.3) is 0 Å². The Labute approximate surface area is 111 Å². The molecule has 0 aliphatic heterocycles. The van der Waals surface area contributed by atoms with Gasteiger partial charge in [0.2, 0.25) is 0 Å². The van der Waals surface area contributed by atoms with E-state index in [0.29, 0.717) is 24.2 Å². The number of carbonyl (C=O) groups excluding carboxylic acids is 1. The minimum Gasteiger partial charge on any atom is -0.374 e. The molecule has 2 saturated carbocycles. The lowest BCUT2D eigenvalue weighted by molar-refractivity contribution is -0.174. The van der Waals surface area contributed by atoms with Gasteiger partial charge in [-0.3, -0.25) is 4.79 Å². The van der Waals surface area contributed by atoms with Crippen molar-refractivity contribution < 1.29 is 9.53 Å². The predicted octanol–water partition coefficient (Wildman–Crippen LogP) is 4.12. The Kier molecular flexibility index (Phi) is 4.47. The van der Waals surface area contributed by atoms with Crippen LogP contribution in [0, 0.1) is 11.3 Å². The van der Waals surface area contributed by atoms with Gasteiger partial charge in [0.15, 0.2) is 0 Å². The molecule has 0 aromatic carbocycles. The van der Waals surface area contributed by atoms with Crippen molar-refractivity contribution in [2.24, 2.45) is 11.3 Å². The van der Waals surface area contributed by atoms with Crippen LogP contribution in [0.5, 0.6) is 0 Å². The first-order valence-corrected chi connectivity index (χ1v) is 7.73. The smallest absolute Gasteiger partial charge is 0.144 e. The number of Topliss-reactive ketones (excluding diaryl/α,β-unsaturated/α-hetero) is 1. The minimum atomic E-state index is -0.0816. The lowest BCUT2D eigenvalue weighted by atomic mass is 9.60. The van der Waals surface area contributed by atoms with Crippen LogP contribution in [0.15, 0.2) is 0 Å². The molecular formula is C16H28O2. The Balaban J connectivity index is 1.94. The highest BCUT2D eigenvalue weighted by molar-refractivity contribution is 5.92. The summed E-state index contributed by atoms with van der Waals surface area (Å²) in [6, 6.07) is 0. The fraction of sp³-hybridized carbons (Fsp3) is 0.938. The second kappa shape index (κ2) is 5.73. The maximum atomic E-state index is 12.1. The monoisotopic (exact) mass is 252 g/mol. The summed E-state index contributed by atoms with van der Waals surface area (Å²) in [4.78, 5) is 12.1. The Morgan fingerprint density at radius 3 is 2.28 bits per heavy atom. The third-order valence-electron chi connectivity index (χ3n) is 4.74. The van der Waals surface area contributed by atoms with E-state index in [2.05, 4.69) is 20.8 Å². The van der Waals surface area contributed by atoms with Gasteiger partial charge in [-0.1, -0.05) is 39.5 Å². The molecule has 2 heteroatoms. The van der Waals surface area contributed by atoms with E-state index in [-0.39, 0.29) is 11.5 Å². The van der Waals surface area contributed by atoms with Crippen LogP contribution in [-0.4, -0.2) is 18.0 Å². The minimum absolute atomic E-state index is 0.0816. The van der Waals surface area contributed by atoms with E-state index in [1.165, 1.54) is 25.7 Å². The SMILES string of the molecule is CC(C)CC(C)OC1CC(=O)C12CCCCCC2. The molecule has 2 unspecified atom stereocenters. The molecule has 0 heterocycles. The maximum absolute atomic E-state index is 12.1. The molecule has 0 aromatic heterocycles. The van der Waals surface area contributed by atoms with Crippen molar-refractivity contribution in [3.63, 3.8) is 0 Å². The van der Waals surface area contributed by atoms with Gasteiger partial charge in [-0.05, 0) is 32.1 Å². The molecule has 104 valence electrons. The molecule has 2 atom stereocenters. The normalized spacial score (nSPS) is 29.1. The molecule has 18 heavy (non-hydrogen) atoms. The summed E-state index contributed by atoms with van der Waals surface area (Å²) in [6.07, 6.45) is 9.44. The standard InChI is InChI=1S/C16H28O2/c1-12(2)10-13(3)18-15-11-14(17)16(15)8-6-4-5-7-9-16/h12-13,15H,4-11H2,1-3H3. The second-order valence-corrected chi connectivity index (χ2v) is 6.76. The lowest BCUT2D eigenvalue weighted by Gasteiger charge is -2.48. The zero-order chi connectivity index (χ0) is 13.2. The Hall–Kier alpha value is -0.370. The van der Waals surface area contributed by atoms with Crippen LogP contribution in [-0.2, 0) is 9.53 Å². The fourth-order valence-electron chi connectivity index (χ4n) is 3.75. The van der Waals surface area contributed by atoms with Gasteiger partial charge in [0, 0.05) is 6.42 Å². The van der Waals surface area contributed by atoms with E-state index in [1.807, 2.05) is 0 Å². The Morgan fingerprint density at radius 2 is 1.78 bits per heavy atom. The van der Waals surface area contributed by atoms with Crippen LogP contribution in [0.4, 0.5) is 0 Å². The van der Waals surface area contributed by atoms with Crippen LogP contribution in [0.25, 0.3) is 0 Å². The van der Waals surface area contributed by atoms with Crippen LogP contribution in [0.3, 0.4) is 0 Å². The third kappa shape index (κ3) is 2.79. The van der Waals surface area contributed by atoms with E-state index in [4.69, 9.17) is 4.74 Å². The summed E-state index contributed by atoms with van der Waals surface area (Å²) in [5, 5.41) is 0. The zero-order valence-corrected chi connectivity index (χ0v) is 12.2. The zero-order valence-electron chi connectivity index (χ0n) is 12.2. The highest BCUT2D eigenvalue weighted by Gasteiger charge is 2.55. The van der Waals surface area contributed by atoms with E-state index < -0.39 is 0 Å². The van der Waals surface area contributed by atoms with Crippen molar-refractivity contribution >= 4 is 5.78 Å². The molecule has 2 rings (SSSR count). The van der Waals surface area contributed by atoms with Gasteiger partial charge in [0.1, 0.15) is 5.78 Å². The van der Waals surface area contributed by atoms with Gasteiger partial charge >= 0.3 is 0 Å². The van der Waals surface area contributed by atoms with Gasteiger partial charge in [-0.2, -0.15) is 0 Å². The molecule has 1 spiro atoms. The number of hydrogen-bond acceptors (Lipinski definition) is 2. The van der Waals surface area contributed by atoms with Gasteiger partial charge in [-0.25, -0.2) is 0 Å². The molecule has 0 saturated heterocycles. The van der Waals surface area contributed by atoms with E-state index in [1.54, 1.807) is 0 Å². The first-order chi connectivity index (χ1) is 8.54. The lowest BCUT2D eigenvalue weighted by Crippen LogP contribution is -2.56. The van der Waals surface area contributed by atoms with Crippen molar-refractivity contribution in [3.05, 3.63) is 0 Å². The van der Waals surface area contributed by atoms with Gasteiger partial charge < -0.3 is 4.74 Å². The van der Waals surface area contributed by atoms with Gasteiger partial charge in [-0.15, -0.1) is 0 Å². The number of hydrogen-bond donors (Lipinski definition) is 0. The largest absolute Gasteiger partial charge is 0.374 e. The van der Waals surface area contributed by atoms with Crippen LogP contribution in [0.2, 0.25) is 0 Å². The highest BCUT2D eigenvalue weighted by atomic mass is 16.5. The van der Waals surface area contributed by atoms with Crippen molar-refractivity contribution in [3.8, 4) is 0 Å². The van der Waals surface area contributed by atoms with Gasteiger partial charge in [0.05, 0.1) is 17.6 Å². The molecule has 0 amide bonds. The average Bonchev–Trinajstić information content (AvgIpc) is 2.55. The quantitative estimate of drug-likeness (QED) is 0.752. The highest BCUT2D eigenvalue weighted by Crippen LogP contribution is 2.50. The number of carbonyl (C=O) groups is 1. The third-order valence-corrected chi connectivity index (χ3v) is 4.74. The molecule has 0 N–H and O–H groups in total. The average molecular weight is 252 g/mol. The van der Waals surface area contributed by atoms with Crippen molar-refractivity contribution in [1.29, 1.82) is 0 Å². The predicted molar refractivity (Wildman–Crippen MR) is 73.5 cm³/mol. The van der Waals surface area contributed by atoms with E-state index in [0.717, 1.165) is 19.3 Å². The second-order valence-electron chi connectivity index (χ2n) is 6.76.